The minimum atomic E-state index is -4.96. The molecule has 0 radical (unpaired) electrons. The predicted octanol–water partition coefficient (Wildman–Crippen LogP) is 4.57. The quantitative estimate of drug-likeness (QED) is 0.781. The van der Waals surface area contributed by atoms with Gasteiger partial charge in [-0.1, -0.05) is 0 Å². The van der Waals surface area contributed by atoms with Gasteiger partial charge in [-0.2, -0.15) is 26.3 Å². The number of anilines is 1. The molecule has 4 nitrogen and oxygen atoms in total. The molecule has 1 aliphatic carbocycles. The van der Waals surface area contributed by atoms with Gasteiger partial charge in [0.05, 0.1) is 11.6 Å². The molecule has 0 spiro atoms. The molecule has 1 N–H and O–H groups in total. The standard InChI is InChI=1S/C16H14F6N4/c17-15(18,19)9-6-11(16(20,21)22)25-12(7-9)26-10-2-1-8(5-10)13(26)14-23-3-4-24-14/h3-4,6-8,10,13H,1-2,5H2,(H,23,24)/t8-,10+,13-/m0/s1. The Morgan fingerprint density at radius 2 is 1.81 bits per heavy atom. The lowest BCUT2D eigenvalue weighted by Gasteiger charge is -2.35. The summed E-state index contributed by atoms with van der Waals surface area (Å²) in [6, 6.07) is 0.207. The highest BCUT2D eigenvalue weighted by Gasteiger charge is 2.49. The average molecular weight is 376 g/mol. The lowest BCUT2D eigenvalue weighted by molar-refractivity contribution is -0.145. The fraction of sp³-hybridized carbons (Fsp3) is 0.500. The predicted molar refractivity (Wildman–Crippen MR) is 79.2 cm³/mol. The summed E-state index contributed by atoms with van der Waals surface area (Å²) in [6.45, 7) is 0. The SMILES string of the molecule is FC(F)(F)c1cc(N2[C@@H]3CC[C@@H](C3)[C@H]2c2ncc[nH]2)nc(C(F)(F)F)c1. The van der Waals surface area contributed by atoms with E-state index in [1.165, 1.54) is 6.20 Å². The van der Waals surface area contributed by atoms with Crippen LogP contribution in [0.1, 0.15) is 42.4 Å². The Hall–Kier alpha value is -2.26. The van der Waals surface area contributed by atoms with Crippen LogP contribution in [-0.2, 0) is 12.4 Å². The molecule has 1 saturated carbocycles. The van der Waals surface area contributed by atoms with E-state index in [9.17, 15) is 26.3 Å². The fourth-order valence-corrected chi connectivity index (χ4v) is 4.07. The van der Waals surface area contributed by atoms with Crippen molar-refractivity contribution in [1.82, 2.24) is 15.0 Å². The van der Waals surface area contributed by atoms with Crippen molar-refractivity contribution in [3.63, 3.8) is 0 Å². The van der Waals surface area contributed by atoms with Crippen molar-refractivity contribution in [2.24, 2.45) is 5.92 Å². The number of rotatable bonds is 2. The molecule has 1 saturated heterocycles. The summed E-state index contributed by atoms with van der Waals surface area (Å²) < 4.78 is 78.8. The Morgan fingerprint density at radius 1 is 1.04 bits per heavy atom. The number of alkyl halides is 6. The van der Waals surface area contributed by atoms with Gasteiger partial charge in [0.15, 0.2) is 0 Å². The maximum absolute atomic E-state index is 13.1. The van der Waals surface area contributed by atoms with E-state index < -0.39 is 29.7 Å². The number of imidazole rings is 1. The van der Waals surface area contributed by atoms with Crippen LogP contribution < -0.4 is 4.90 Å². The van der Waals surface area contributed by atoms with E-state index in [4.69, 9.17) is 0 Å². The Labute approximate surface area is 144 Å². The molecular weight excluding hydrogens is 362 g/mol. The van der Waals surface area contributed by atoms with Gasteiger partial charge in [0, 0.05) is 18.4 Å². The van der Waals surface area contributed by atoms with Gasteiger partial charge in [-0.3, -0.25) is 0 Å². The molecule has 140 valence electrons. The number of H-pyrrole nitrogens is 1. The maximum Gasteiger partial charge on any atom is 0.433 e. The first-order chi connectivity index (χ1) is 12.1. The summed E-state index contributed by atoms with van der Waals surface area (Å²) in [5.74, 6) is 0.350. The first-order valence-corrected chi connectivity index (χ1v) is 8.08. The van der Waals surface area contributed by atoms with Gasteiger partial charge in [0.25, 0.3) is 0 Å². The number of halogens is 6. The highest BCUT2D eigenvalue weighted by Crippen LogP contribution is 2.51. The van der Waals surface area contributed by atoms with Crippen LogP contribution in [0.2, 0.25) is 0 Å². The molecule has 2 aliphatic rings. The first kappa shape index (κ1) is 17.2. The van der Waals surface area contributed by atoms with Crippen molar-refractivity contribution in [2.75, 3.05) is 4.90 Å². The highest BCUT2D eigenvalue weighted by molar-refractivity contribution is 5.49. The lowest BCUT2D eigenvalue weighted by atomic mass is 9.98. The number of nitrogens with one attached hydrogen (secondary N) is 1. The van der Waals surface area contributed by atoms with Crippen molar-refractivity contribution in [3.8, 4) is 0 Å². The number of aromatic nitrogens is 3. The van der Waals surface area contributed by atoms with Crippen LogP contribution in [0, 0.1) is 5.92 Å². The lowest BCUT2D eigenvalue weighted by Crippen LogP contribution is -2.37. The number of aromatic amines is 1. The molecule has 1 aliphatic heterocycles. The second-order valence-electron chi connectivity index (χ2n) is 6.65. The first-order valence-electron chi connectivity index (χ1n) is 8.08. The molecule has 0 unspecified atom stereocenters. The second kappa shape index (κ2) is 5.62. The number of pyridine rings is 1. The van der Waals surface area contributed by atoms with Gasteiger partial charge in [0.1, 0.15) is 17.3 Å². The molecule has 2 fully saturated rings. The Kier molecular flexibility index (Phi) is 3.71. The maximum atomic E-state index is 13.1. The van der Waals surface area contributed by atoms with Crippen LogP contribution >= 0.6 is 0 Å². The van der Waals surface area contributed by atoms with Crippen LogP contribution in [0.5, 0.6) is 0 Å². The van der Waals surface area contributed by atoms with Crippen molar-refractivity contribution in [2.45, 2.75) is 43.7 Å². The number of piperidine rings is 1. The van der Waals surface area contributed by atoms with E-state index in [0.29, 0.717) is 24.7 Å². The minimum Gasteiger partial charge on any atom is -0.347 e. The van der Waals surface area contributed by atoms with E-state index >= 15 is 0 Å². The van der Waals surface area contributed by atoms with Gasteiger partial charge >= 0.3 is 12.4 Å². The third kappa shape index (κ3) is 2.80. The summed E-state index contributed by atoms with van der Waals surface area (Å²) >= 11 is 0. The van der Waals surface area contributed by atoms with E-state index in [2.05, 4.69) is 15.0 Å². The number of nitrogens with zero attached hydrogens (tertiary/aromatic N) is 3. The molecule has 0 amide bonds. The van der Waals surface area contributed by atoms with Gasteiger partial charge < -0.3 is 9.88 Å². The molecule has 2 aromatic rings. The zero-order valence-electron chi connectivity index (χ0n) is 13.3. The number of hydrogen-bond donors (Lipinski definition) is 1. The van der Waals surface area contributed by atoms with Gasteiger partial charge in [-0.15, -0.1) is 0 Å². The summed E-state index contributed by atoms with van der Waals surface area (Å²) in [4.78, 5) is 12.2. The van der Waals surface area contributed by atoms with Crippen molar-refractivity contribution < 1.29 is 26.3 Å². The molecule has 3 atom stereocenters. The van der Waals surface area contributed by atoms with Crippen LogP contribution in [-0.4, -0.2) is 21.0 Å². The Morgan fingerprint density at radius 3 is 2.42 bits per heavy atom. The third-order valence-electron chi connectivity index (χ3n) is 5.08. The van der Waals surface area contributed by atoms with Crippen molar-refractivity contribution in [3.05, 3.63) is 41.6 Å². The average Bonchev–Trinajstić information content (AvgIpc) is 3.28. The molecule has 0 aromatic carbocycles. The topological polar surface area (TPSA) is 44.8 Å². The largest absolute Gasteiger partial charge is 0.433 e. The summed E-state index contributed by atoms with van der Waals surface area (Å²) in [5.41, 5.74) is -2.89. The molecule has 26 heavy (non-hydrogen) atoms. The number of fused-ring (bicyclic) bond motifs is 2. The smallest absolute Gasteiger partial charge is 0.347 e. The second-order valence-corrected chi connectivity index (χ2v) is 6.65. The summed E-state index contributed by atoms with van der Waals surface area (Å²) in [7, 11) is 0. The highest BCUT2D eigenvalue weighted by atomic mass is 19.4. The molecular formula is C16H14F6N4. The van der Waals surface area contributed by atoms with E-state index in [-0.39, 0.29) is 23.8 Å². The van der Waals surface area contributed by atoms with Gasteiger partial charge in [-0.05, 0) is 37.3 Å². The zero-order valence-corrected chi connectivity index (χ0v) is 13.3. The molecule has 10 heteroatoms. The van der Waals surface area contributed by atoms with Crippen LogP contribution in [0.15, 0.2) is 24.5 Å². The van der Waals surface area contributed by atoms with E-state index in [1.807, 2.05) is 0 Å². The normalized spacial score (nSPS) is 25.9. The molecule has 4 rings (SSSR count). The fourth-order valence-electron chi connectivity index (χ4n) is 4.07. The summed E-state index contributed by atoms with van der Waals surface area (Å²) in [5, 5.41) is 0. The van der Waals surface area contributed by atoms with Crippen molar-refractivity contribution in [1.29, 1.82) is 0 Å². The number of hydrogen-bond acceptors (Lipinski definition) is 3. The zero-order chi connectivity index (χ0) is 18.7. The van der Waals surface area contributed by atoms with E-state index in [1.54, 1.807) is 11.1 Å². The Balaban J connectivity index is 1.83. The Bertz CT molecular complexity index is 766. The van der Waals surface area contributed by atoms with Crippen LogP contribution in [0.3, 0.4) is 0 Å². The molecule has 3 heterocycles. The van der Waals surface area contributed by atoms with Crippen LogP contribution in [0.25, 0.3) is 0 Å². The monoisotopic (exact) mass is 376 g/mol. The van der Waals surface area contributed by atoms with Crippen LogP contribution in [0.4, 0.5) is 32.2 Å². The molecule has 2 aromatic heterocycles. The van der Waals surface area contributed by atoms with Crippen molar-refractivity contribution >= 4 is 5.82 Å². The summed E-state index contributed by atoms with van der Waals surface area (Å²) in [6.07, 6.45) is -4.49. The minimum absolute atomic E-state index is 0.0553. The molecule has 2 bridgehead atoms. The van der Waals surface area contributed by atoms with Gasteiger partial charge in [-0.25, -0.2) is 9.97 Å². The third-order valence-corrected chi connectivity index (χ3v) is 5.08. The van der Waals surface area contributed by atoms with Gasteiger partial charge in [0.2, 0.25) is 0 Å². The van der Waals surface area contributed by atoms with E-state index in [0.717, 1.165) is 6.42 Å².